The van der Waals surface area contributed by atoms with Gasteiger partial charge >= 0.3 is 6.18 Å². The van der Waals surface area contributed by atoms with Gasteiger partial charge in [0.1, 0.15) is 6.04 Å². The summed E-state index contributed by atoms with van der Waals surface area (Å²) in [6.45, 7) is 1.22. The van der Waals surface area contributed by atoms with Gasteiger partial charge in [-0.25, -0.2) is 0 Å². The minimum Gasteiger partial charge on any atom is -0.319 e. The summed E-state index contributed by atoms with van der Waals surface area (Å²) in [7, 11) is 0. The maximum absolute atomic E-state index is 12.8. The van der Waals surface area contributed by atoms with Crippen molar-refractivity contribution in [2.24, 2.45) is 5.73 Å². The molecule has 1 aromatic rings. The maximum atomic E-state index is 12.8. The number of nitrogens with two attached hydrogens (primary N) is 1. The van der Waals surface area contributed by atoms with E-state index >= 15 is 0 Å². The minimum atomic E-state index is -4.32. The number of likely N-dealkylation sites (tertiary alicyclic amines) is 1. The molecule has 5 heteroatoms. The van der Waals surface area contributed by atoms with Crippen LogP contribution in [0.3, 0.4) is 0 Å². The molecule has 1 aliphatic rings. The second-order valence-electron chi connectivity index (χ2n) is 5.09. The third kappa shape index (κ3) is 3.70. The smallest absolute Gasteiger partial charge is 0.319 e. The van der Waals surface area contributed by atoms with E-state index in [9.17, 15) is 13.2 Å². The molecular weight excluding hydrogens is 253 g/mol. The van der Waals surface area contributed by atoms with Crippen LogP contribution in [0.25, 0.3) is 0 Å². The van der Waals surface area contributed by atoms with Crippen molar-refractivity contribution in [1.82, 2.24) is 4.90 Å². The van der Waals surface area contributed by atoms with Crippen molar-refractivity contribution >= 4 is 0 Å². The monoisotopic (exact) mass is 272 g/mol. The Morgan fingerprint density at radius 2 is 1.89 bits per heavy atom. The summed E-state index contributed by atoms with van der Waals surface area (Å²) in [6, 6.07) is 7.22. The first kappa shape index (κ1) is 14.3. The summed E-state index contributed by atoms with van der Waals surface area (Å²) in [4.78, 5) is 1.87. The molecule has 1 heterocycles. The number of hydrogen-bond donors (Lipinski definition) is 1. The van der Waals surface area contributed by atoms with Gasteiger partial charge in [0.15, 0.2) is 0 Å². The Morgan fingerprint density at radius 1 is 1.21 bits per heavy atom. The number of nitrogens with zero attached hydrogens (tertiary/aromatic N) is 1. The number of benzene rings is 1. The molecule has 0 aromatic heterocycles. The molecular formula is C14H19F3N2. The van der Waals surface area contributed by atoms with E-state index in [0.717, 1.165) is 18.4 Å². The molecule has 1 aromatic carbocycles. The maximum Gasteiger partial charge on any atom is 0.405 e. The van der Waals surface area contributed by atoms with Gasteiger partial charge in [-0.1, -0.05) is 36.8 Å². The number of piperidine rings is 1. The Labute approximate surface area is 111 Å². The van der Waals surface area contributed by atoms with Crippen LogP contribution in [-0.4, -0.2) is 29.7 Å². The van der Waals surface area contributed by atoms with Crippen LogP contribution in [-0.2, 0) is 6.54 Å². The lowest BCUT2D eigenvalue weighted by Gasteiger charge is -2.39. The zero-order valence-electron chi connectivity index (χ0n) is 10.7. The van der Waals surface area contributed by atoms with E-state index < -0.39 is 18.3 Å². The van der Waals surface area contributed by atoms with E-state index in [1.807, 2.05) is 35.2 Å². The molecule has 2 rings (SSSR count). The van der Waals surface area contributed by atoms with Crippen LogP contribution in [0.1, 0.15) is 24.8 Å². The van der Waals surface area contributed by atoms with Gasteiger partial charge in [-0.3, -0.25) is 4.90 Å². The SMILES string of the molecule is NC(C1CCCCN1Cc1ccccc1)C(F)(F)F. The van der Waals surface area contributed by atoms with Crippen molar-refractivity contribution in [2.45, 2.75) is 44.1 Å². The number of rotatable bonds is 3. The van der Waals surface area contributed by atoms with Crippen LogP contribution in [0, 0.1) is 0 Å². The van der Waals surface area contributed by atoms with Gasteiger partial charge in [-0.15, -0.1) is 0 Å². The Bertz CT molecular complexity index is 391. The molecule has 0 bridgehead atoms. The molecule has 1 fully saturated rings. The topological polar surface area (TPSA) is 29.3 Å². The quantitative estimate of drug-likeness (QED) is 0.916. The fourth-order valence-corrected chi connectivity index (χ4v) is 2.66. The highest BCUT2D eigenvalue weighted by Gasteiger charge is 2.44. The Kier molecular flexibility index (Phi) is 4.47. The van der Waals surface area contributed by atoms with E-state index in [1.54, 1.807) is 0 Å². The Balaban J connectivity index is 2.08. The molecule has 0 amide bonds. The molecule has 1 aliphatic heterocycles. The van der Waals surface area contributed by atoms with Crippen LogP contribution >= 0.6 is 0 Å². The average molecular weight is 272 g/mol. The van der Waals surface area contributed by atoms with Crippen LogP contribution < -0.4 is 5.73 Å². The molecule has 2 atom stereocenters. The predicted molar refractivity (Wildman–Crippen MR) is 68.5 cm³/mol. The second-order valence-corrected chi connectivity index (χ2v) is 5.09. The predicted octanol–water partition coefficient (Wildman–Crippen LogP) is 2.93. The number of hydrogen-bond acceptors (Lipinski definition) is 2. The highest BCUT2D eigenvalue weighted by Crippen LogP contribution is 2.29. The molecule has 2 nitrogen and oxygen atoms in total. The summed E-state index contributed by atoms with van der Waals surface area (Å²) in [5, 5.41) is 0. The van der Waals surface area contributed by atoms with Gasteiger partial charge in [0.25, 0.3) is 0 Å². The van der Waals surface area contributed by atoms with Gasteiger partial charge in [-0.05, 0) is 24.9 Å². The van der Waals surface area contributed by atoms with Gasteiger partial charge in [0, 0.05) is 12.6 Å². The molecule has 0 spiro atoms. The summed E-state index contributed by atoms with van der Waals surface area (Å²) >= 11 is 0. The largest absolute Gasteiger partial charge is 0.405 e. The lowest BCUT2D eigenvalue weighted by atomic mass is 9.95. The van der Waals surface area contributed by atoms with Crippen molar-refractivity contribution in [3.05, 3.63) is 35.9 Å². The fourth-order valence-electron chi connectivity index (χ4n) is 2.66. The molecule has 0 aliphatic carbocycles. The van der Waals surface area contributed by atoms with Crippen LogP contribution in [0.15, 0.2) is 30.3 Å². The highest BCUT2D eigenvalue weighted by molar-refractivity contribution is 5.15. The van der Waals surface area contributed by atoms with Crippen molar-refractivity contribution < 1.29 is 13.2 Å². The normalized spacial score (nSPS) is 23.3. The summed E-state index contributed by atoms with van der Waals surface area (Å²) in [5.74, 6) is 0. The first-order valence-corrected chi connectivity index (χ1v) is 6.59. The number of alkyl halides is 3. The van der Waals surface area contributed by atoms with E-state index in [0.29, 0.717) is 19.5 Å². The number of halogens is 3. The minimum absolute atomic E-state index is 0.521. The molecule has 1 saturated heterocycles. The first-order valence-electron chi connectivity index (χ1n) is 6.59. The van der Waals surface area contributed by atoms with E-state index in [-0.39, 0.29) is 0 Å². The van der Waals surface area contributed by atoms with Crippen LogP contribution in [0.2, 0.25) is 0 Å². The lowest BCUT2D eigenvalue weighted by Crippen LogP contribution is -2.56. The van der Waals surface area contributed by atoms with Crippen molar-refractivity contribution in [2.75, 3.05) is 6.54 Å². The molecule has 106 valence electrons. The molecule has 2 N–H and O–H groups in total. The highest BCUT2D eigenvalue weighted by atomic mass is 19.4. The zero-order valence-corrected chi connectivity index (χ0v) is 10.7. The summed E-state index contributed by atoms with van der Waals surface area (Å²) in [5.41, 5.74) is 6.43. The van der Waals surface area contributed by atoms with E-state index in [4.69, 9.17) is 5.73 Å². The van der Waals surface area contributed by atoms with E-state index in [1.165, 1.54) is 0 Å². The van der Waals surface area contributed by atoms with Crippen molar-refractivity contribution in [3.63, 3.8) is 0 Å². The molecule has 19 heavy (non-hydrogen) atoms. The summed E-state index contributed by atoms with van der Waals surface area (Å²) < 4.78 is 38.4. The average Bonchev–Trinajstić information content (AvgIpc) is 2.39. The second kappa shape index (κ2) is 5.92. The van der Waals surface area contributed by atoms with Crippen molar-refractivity contribution in [1.29, 1.82) is 0 Å². The summed E-state index contributed by atoms with van der Waals surface area (Å²) in [6.07, 6.45) is -2.04. The van der Waals surface area contributed by atoms with Gasteiger partial charge < -0.3 is 5.73 Å². The third-order valence-electron chi connectivity index (χ3n) is 3.69. The molecule has 2 unspecified atom stereocenters. The van der Waals surface area contributed by atoms with Crippen molar-refractivity contribution in [3.8, 4) is 0 Å². The Morgan fingerprint density at radius 3 is 2.53 bits per heavy atom. The fraction of sp³-hybridized carbons (Fsp3) is 0.571. The van der Waals surface area contributed by atoms with E-state index in [2.05, 4.69) is 0 Å². The zero-order chi connectivity index (χ0) is 13.9. The molecule has 0 radical (unpaired) electrons. The molecule has 0 saturated carbocycles. The van der Waals surface area contributed by atoms with Crippen LogP contribution in [0.4, 0.5) is 13.2 Å². The third-order valence-corrected chi connectivity index (χ3v) is 3.69. The first-order chi connectivity index (χ1) is 8.98. The Hall–Kier alpha value is -1.07. The van der Waals surface area contributed by atoms with Gasteiger partial charge in [0.05, 0.1) is 0 Å². The lowest BCUT2D eigenvalue weighted by molar-refractivity contribution is -0.165. The standard InChI is InChI=1S/C14H19F3N2/c15-14(16,17)13(18)12-8-4-5-9-19(12)10-11-6-2-1-3-7-11/h1-3,6-7,12-13H,4-5,8-10,18H2. The van der Waals surface area contributed by atoms with Gasteiger partial charge in [-0.2, -0.15) is 13.2 Å². The van der Waals surface area contributed by atoms with Gasteiger partial charge in [0.2, 0.25) is 0 Å². The van der Waals surface area contributed by atoms with Crippen LogP contribution in [0.5, 0.6) is 0 Å².